The zero-order valence-corrected chi connectivity index (χ0v) is 15.6. The predicted molar refractivity (Wildman–Crippen MR) is 105 cm³/mol. The van der Waals surface area contributed by atoms with Crippen molar-refractivity contribution in [3.8, 4) is 0 Å². The van der Waals surface area contributed by atoms with Gasteiger partial charge in [0, 0.05) is 23.0 Å². The van der Waals surface area contributed by atoms with Crippen molar-refractivity contribution in [1.82, 2.24) is 9.88 Å². The zero-order chi connectivity index (χ0) is 18.1. The molecule has 1 aliphatic heterocycles. The van der Waals surface area contributed by atoms with E-state index in [4.69, 9.17) is 0 Å². The number of carbonyl (C=O) groups is 1. The summed E-state index contributed by atoms with van der Waals surface area (Å²) in [5, 5.41) is 12.7. The molecular weight excluding hydrogens is 344 g/mol. The summed E-state index contributed by atoms with van der Waals surface area (Å²) in [7, 11) is 0. The minimum Gasteiger partial charge on any atom is -0.481 e. The van der Waals surface area contributed by atoms with Crippen molar-refractivity contribution in [3.63, 3.8) is 0 Å². The maximum Gasteiger partial charge on any atom is 0.307 e. The molecule has 3 aromatic rings. The Kier molecular flexibility index (Phi) is 4.74. The summed E-state index contributed by atoms with van der Waals surface area (Å²) in [5.74, 6) is -0.979. The Hall–Kier alpha value is -2.24. The van der Waals surface area contributed by atoms with E-state index in [0.717, 1.165) is 35.9 Å². The van der Waals surface area contributed by atoms with Crippen LogP contribution in [0.5, 0.6) is 0 Å². The maximum atomic E-state index is 11.6. The fraction of sp³-hybridized carbons (Fsp3) is 0.333. The van der Waals surface area contributed by atoms with E-state index >= 15 is 0 Å². The van der Waals surface area contributed by atoms with Gasteiger partial charge in [0.2, 0.25) is 0 Å². The van der Waals surface area contributed by atoms with Gasteiger partial charge < -0.3 is 5.11 Å². The molecule has 2 unspecified atom stereocenters. The Balaban J connectivity index is 1.77. The molecule has 0 saturated carbocycles. The standard InChI is InChI=1S/C21H22N2O2S/c1-14-8-10-26-20(14)19(23-9-4-6-16(13-23)21(24)25)17-11-15-5-2-3-7-18(15)22-12-17/h2-3,5,7-8,10-12,16,19H,4,6,9,13H2,1H3,(H,24,25). The lowest BCUT2D eigenvalue weighted by Gasteiger charge is -2.37. The number of thiophene rings is 1. The summed E-state index contributed by atoms with van der Waals surface area (Å²) in [4.78, 5) is 19.8. The summed E-state index contributed by atoms with van der Waals surface area (Å²) in [6.45, 7) is 3.63. The molecule has 1 saturated heterocycles. The van der Waals surface area contributed by atoms with Gasteiger partial charge in [0.1, 0.15) is 0 Å². The van der Waals surface area contributed by atoms with E-state index in [-0.39, 0.29) is 12.0 Å². The monoisotopic (exact) mass is 366 g/mol. The molecule has 1 N–H and O–H groups in total. The van der Waals surface area contributed by atoms with Gasteiger partial charge in [-0.3, -0.25) is 14.7 Å². The van der Waals surface area contributed by atoms with Gasteiger partial charge in [-0.2, -0.15) is 0 Å². The number of hydrogen-bond acceptors (Lipinski definition) is 4. The topological polar surface area (TPSA) is 53.4 Å². The number of aliphatic carboxylic acids is 1. The molecule has 0 amide bonds. The number of para-hydroxylation sites is 1. The van der Waals surface area contributed by atoms with E-state index in [1.807, 2.05) is 24.4 Å². The summed E-state index contributed by atoms with van der Waals surface area (Å²) in [6, 6.07) is 12.5. The molecule has 0 spiro atoms. The van der Waals surface area contributed by atoms with Crippen molar-refractivity contribution in [1.29, 1.82) is 0 Å². The van der Waals surface area contributed by atoms with Crippen LogP contribution in [0.15, 0.2) is 48.0 Å². The number of aromatic nitrogens is 1. The van der Waals surface area contributed by atoms with Gasteiger partial charge in [0.05, 0.1) is 17.5 Å². The Morgan fingerprint density at radius 2 is 2.19 bits per heavy atom. The Labute approximate surface area is 157 Å². The van der Waals surface area contributed by atoms with Crippen molar-refractivity contribution < 1.29 is 9.90 Å². The van der Waals surface area contributed by atoms with Crippen LogP contribution in [0.4, 0.5) is 0 Å². The van der Waals surface area contributed by atoms with Gasteiger partial charge in [0.25, 0.3) is 0 Å². The lowest BCUT2D eigenvalue weighted by atomic mass is 9.93. The van der Waals surface area contributed by atoms with E-state index in [1.165, 1.54) is 10.4 Å². The molecular formula is C21H22N2O2S. The maximum absolute atomic E-state index is 11.6. The first-order valence-corrected chi connectivity index (χ1v) is 9.87. The average molecular weight is 366 g/mol. The second-order valence-corrected chi connectivity index (χ2v) is 7.95. The minimum absolute atomic E-state index is 0.0641. The number of fused-ring (bicyclic) bond motifs is 1. The first-order valence-electron chi connectivity index (χ1n) is 8.99. The van der Waals surface area contributed by atoms with Crippen molar-refractivity contribution in [2.24, 2.45) is 5.92 Å². The molecule has 134 valence electrons. The number of pyridine rings is 1. The van der Waals surface area contributed by atoms with E-state index in [2.05, 4.69) is 40.4 Å². The highest BCUT2D eigenvalue weighted by atomic mass is 32.1. The van der Waals surface area contributed by atoms with E-state index in [1.54, 1.807) is 11.3 Å². The second-order valence-electron chi connectivity index (χ2n) is 7.00. The van der Waals surface area contributed by atoms with Crippen LogP contribution in [0.25, 0.3) is 10.9 Å². The van der Waals surface area contributed by atoms with E-state index in [9.17, 15) is 9.90 Å². The quantitative estimate of drug-likeness (QED) is 0.739. The lowest BCUT2D eigenvalue weighted by Crippen LogP contribution is -2.41. The second kappa shape index (κ2) is 7.17. The third-order valence-corrected chi connectivity index (χ3v) is 6.32. The van der Waals surface area contributed by atoms with Gasteiger partial charge in [-0.15, -0.1) is 11.3 Å². The predicted octanol–water partition coefficient (Wildman–Crippen LogP) is 4.49. The number of benzene rings is 1. The first-order chi connectivity index (χ1) is 12.6. The fourth-order valence-electron chi connectivity index (χ4n) is 3.87. The van der Waals surface area contributed by atoms with Gasteiger partial charge >= 0.3 is 5.97 Å². The molecule has 2 aromatic heterocycles. The minimum atomic E-state index is -0.687. The molecule has 1 fully saturated rings. The van der Waals surface area contributed by atoms with E-state index in [0.29, 0.717) is 6.54 Å². The molecule has 1 aromatic carbocycles. The van der Waals surface area contributed by atoms with Crippen LogP contribution in [-0.4, -0.2) is 34.0 Å². The largest absolute Gasteiger partial charge is 0.481 e. The molecule has 0 radical (unpaired) electrons. The van der Waals surface area contributed by atoms with Crippen LogP contribution in [0, 0.1) is 12.8 Å². The Morgan fingerprint density at radius 3 is 2.96 bits per heavy atom. The average Bonchev–Trinajstić information content (AvgIpc) is 3.08. The van der Waals surface area contributed by atoms with Crippen LogP contribution >= 0.6 is 11.3 Å². The van der Waals surface area contributed by atoms with Crippen molar-refractivity contribution in [2.75, 3.05) is 13.1 Å². The Bertz CT molecular complexity index is 936. The number of rotatable bonds is 4. The normalized spacial score (nSPS) is 19.5. The summed E-state index contributed by atoms with van der Waals surface area (Å²) in [6.07, 6.45) is 3.63. The summed E-state index contributed by atoms with van der Waals surface area (Å²) in [5.41, 5.74) is 3.38. The van der Waals surface area contributed by atoms with Gasteiger partial charge in [0.15, 0.2) is 0 Å². The lowest BCUT2D eigenvalue weighted by molar-refractivity contribution is -0.143. The van der Waals surface area contributed by atoms with Crippen LogP contribution in [-0.2, 0) is 4.79 Å². The van der Waals surface area contributed by atoms with Gasteiger partial charge in [-0.1, -0.05) is 18.2 Å². The third-order valence-electron chi connectivity index (χ3n) is 5.24. The van der Waals surface area contributed by atoms with Crippen LogP contribution in [0.3, 0.4) is 0 Å². The number of aryl methyl sites for hydroxylation is 1. The highest BCUT2D eigenvalue weighted by Crippen LogP contribution is 2.37. The molecule has 2 atom stereocenters. The van der Waals surface area contributed by atoms with Crippen molar-refractivity contribution in [3.05, 3.63) is 64.0 Å². The number of carboxylic acid groups (broad SMARTS) is 1. The Morgan fingerprint density at radius 1 is 1.35 bits per heavy atom. The SMILES string of the molecule is Cc1ccsc1C(c1cnc2ccccc2c1)N1CCCC(C(=O)O)C1. The smallest absolute Gasteiger partial charge is 0.307 e. The molecule has 0 bridgehead atoms. The van der Waals surface area contributed by atoms with Gasteiger partial charge in [-0.25, -0.2) is 0 Å². The molecule has 5 heteroatoms. The molecule has 4 nitrogen and oxygen atoms in total. The van der Waals surface area contributed by atoms with Gasteiger partial charge in [-0.05, 0) is 61.0 Å². The number of carboxylic acids is 1. The highest BCUT2D eigenvalue weighted by Gasteiger charge is 2.32. The third kappa shape index (κ3) is 3.24. The van der Waals surface area contributed by atoms with E-state index < -0.39 is 5.97 Å². The zero-order valence-electron chi connectivity index (χ0n) is 14.8. The molecule has 26 heavy (non-hydrogen) atoms. The molecule has 1 aliphatic rings. The van der Waals surface area contributed by atoms with Crippen LogP contribution in [0.1, 0.15) is 34.9 Å². The summed E-state index contributed by atoms with van der Waals surface area (Å²) >= 11 is 1.74. The van der Waals surface area contributed by atoms with Crippen LogP contribution < -0.4 is 0 Å². The molecule has 0 aliphatic carbocycles. The number of hydrogen-bond donors (Lipinski definition) is 1. The highest BCUT2D eigenvalue weighted by molar-refractivity contribution is 7.10. The van der Waals surface area contributed by atoms with Crippen LogP contribution in [0.2, 0.25) is 0 Å². The number of likely N-dealkylation sites (tertiary alicyclic amines) is 1. The first kappa shape index (κ1) is 17.2. The molecule has 4 rings (SSSR count). The molecule has 3 heterocycles. The van der Waals surface area contributed by atoms with Crippen molar-refractivity contribution >= 4 is 28.2 Å². The fourth-order valence-corrected chi connectivity index (χ4v) is 4.96. The summed E-state index contributed by atoms with van der Waals surface area (Å²) < 4.78 is 0. The number of piperidine rings is 1. The van der Waals surface area contributed by atoms with Crippen molar-refractivity contribution in [2.45, 2.75) is 25.8 Å². The number of nitrogens with zero attached hydrogens (tertiary/aromatic N) is 2.